The molecule has 0 saturated heterocycles. The van der Waals surface area contributed by atoms with Crippen LogP contribution in [0, 0.1) is 6.92 Å². The molecule has 0 amide bonds. The molecule has 1 heterocycles. The molecule has 11 heavy (non-hydrogen) atoms. The Labute approximate surface area is 70.0 Å². The summed E-state index contributed by atoms with van der Waals surface area (Å²) in [6.07, 6.45) is 0.411. The second-order valence-corrected chi connectivity index (χ2v) is 3.16. The maximum Gasteiger partial charge on any atom is 0.153 e. The van der Waals surface area contributed by atoms with Crippen LogP contribution in [0.2, 0.25) is 0 Å². The van der Waals surface area contributed by atoms with E-state index in [9.17, 15) is 4.79 Å². The van der Waals surface area contributed by atoms with Crippen molar-refractivity contribution in [1.82, 2.24) is 0 Å². The zero-order chi connectivity index (χ0) is 8.27. The van der Waals surface area contributed by atoms with Crippen LogP contribution in [-0.4, -0.2) is 11.8 Å². The molecule has 0 aromatic carbocycles. The molecule has 1 atom stereocenters. The number of ketones is 1. The molecule has 0 saturated carbocycles. The molecule has 0 aliphatic rings. The Morgan fingerprint density at radius 2 is 2.55 bits per heavy atom. The van der Waals surface area contributed by atoms with E-state index in [1.165, 1.54) is 0 Å². The third kappa shape index (κ3) is 2.44. The minimum Gasteiger partial charge on any atom is -0.321 e. The maximum atomic E-state index is 11.0. The standard InChI is InChI=1S/C8H10NOS/c1-6(9)8(10)4-7-2-3-11-5-7/h2-3,5-6H,1,4,9H2. The zero-order valence-electron chi connectivity index (χ0n) is 6.12. The number of Topliss-reactive ketones (excluding diaryl/α,β-unsaturated/α-hetero) is 1. The van der Waals surface area contributed by atoms with E-state index in [4.69, 9.17) is 5.73 Å². The van der Waals surface area contributed by atoms with Crippen LogP contribution in [0.25, 0.3) is 0 Å². The van der Waals surface area contributed by atoms with Gasteiger partial charge in [-0.1, -0.05) is 0 Å². The topological polar surface area (TPSA) is 43.1 Å². The molecule has 1 unspecified atom stereocenters. The summed E-state index contributed by atoms with van der Waals surface area (Å²) in [5, 5.41) is 3.89. The molecule has 59 valence electrons. The van der Waals surface area contributed by atoms with Crippen LogP contribution in [0.4, 0.5) is 0 Å². The molecule has 1 rings (SSSR count). The molecule has 2 nitrogen and oxygen atoms in total. The van der Waals surface area contributed by atoms with Crippen molar-refractivity contribution in [1.29, 1.82) is 0 Å². The van der Waals surface area contributed by atoms with E-state index < -0.39 is 6.04 Å². The van der Waals surface area contributed by atoms with E-state index in [1.807, 2.05) is 16.8 Å². The summed E-state index contributed by atoms with van der Waals surface area (Å²) in [6.45, 7) is 3.45. The minimum atomic E-state index is -0.588. The highest BCUT2D eigenvalue weighted by Gasteiger charge is 2.07. The summed E-state index contributed by atoms with van der Waals surface area (Å²) in [6, 6.07) is 1.33. The van der Waals surface area contributed by atoms with Crippen LogP contribution in [0.15, 0.2) is 16.8 Å². The second kappa shape index (κ2) is 3.64. The molecule has 0 aliphatic carbocycles. The Hall–Kier alpha value is -0.670. The lowest BCUT2D eigenvalue weighted by molar-refractivity contribution is -0.118. The number of hydrogen-bond acceptors (Lipinski definition) is 3. The summed E-state index contributed by atoms with van der Waals surface area (Å²) in [4.78, 5) is 11.0. The molecule has 0 fully saturated rings. The van der Waals surface area contributed by atoms with E-state index in [2.05, 4.69) is 6.92 Å². The van der Waals surface area contributed by atoms with Crippen LogP contribution >= 0.6 is 11.3 Å². The van der Waals surface area contributed by atoms with E-state index >= 15 is 0 Å². The van der Waals surface area contributed by atoms with Crippen LogP contribution in [0.5, 0.6) is 0 Å². The predicted molar refractivity (Wildman–Crippen MR) is 46.4 cm³/mol. The normalized spacial score (nSPS) is 12.9. The fraction of sp³-hybridized carbons (Fsp3) is 0.250. The summed E-state index contributed by atoms with van der Waals surface area (Å²) in [5.41, 5.74) is 6.32. The van der Waals surface area contributed by atoms with Gasteiger partial charge in [0, 0.05) is 6.42 Å². The quantitative estimate of drug-likeness (QED) is 0.732. The average Bonchev–Trinajstić information content (AvgIpc) is 2.39. The van der Waals surface area contributed by atoms with E-state index in [0.717, 1.165) is 5.56 Å². The SMILES string of the molecule is [CH2]C(N)C(=O)Cc1ccsc1. The monoisotopic (exact) mass is 168 g/mol. The third-order valence-electron chi connectivity index (χ3n) is 1.37. The number of hydrogen-bond donors (Lipinski definition) is 1. The molecule has 1 radical (unpaired) electrons. The van der Waals surface area contributed by atoms with Crippen molar-refractivity contribution in [3.8, 4) is 0 Å². The minimum absolute atomic E-state index is 0.0107. The van der Waals surface area contributed by atoms with E-state index in [1.54, 1.807) is 11.3 Å². The van der Waals surface area contributed by atoms with Gasteiger partial charge in [-0.2, -0.15) is 11.3 Å². The van der Waals surface area contributed by atoms with Gasteiger partial charge in [0.15, 0.2) is 5.78 Å². The predicted octanol–water partition coefficient (Wildman–Crippen LogP) is 1.02. The smallest absolute Gasteiger partial charge is 0.153 e. The first-order valence-electron chi connectivity index (χ1n) is 3.32. The molecule has 2 N–H and O–H groups in total. The number of rotatable bonds is 3. The van der Waals surface area contributed by atoms with Crippen molar-refractivity contribution >= 4 is 17.1 Å². The molecular formula is C8H10NOS. The average molecular weight is 168 g/mol. The Morgan fingerprint density at radius 1 is 1.82 bits per heavy atom. The van der Waals surface area contributed by atoms with Crippen LogP contribution < -0.4 is 5.73 Å². The van der Waals surface area contributed by atoms with Gasteiger partial charge in [0.05, 0.1) is 6.04 Å². The van der Waals surface area contributed by atoms with Crippen molar-refractivity contribution in [2.75, 3.05) is 0 Å². The fourth-order valence-electron chi connectivity index (χ4n) is 0.726. The van der Waals surface area contributed by atoms with Crippen molar-refractivity contribution in [3.63, 3.8) is 0 Å². The van der Waals surface area contributed by atoms with Gasteiger partial charge in [0.1, 0.15) is 0 Å². The summed E-state index contributed by atoms with van der Waals surface area (Å²) < 4.78 is 0. The summed E-state index contributed by atoms with van der Waals surface area (Å²) in [5.74, 6) is -0.0107. The molecule has 1 aromatic rings. The highest BCUT2D eigenvalue weighted by atomic mass is 32.1. The van der Waals surface area contributed by atoms with Crippen molar-refractivity contribution in [2.45, 2.75) is 12.5 Å². The fourth-order valence-corrected chi connectivity index (χ4v) is 1.39. The molecule has 1 aromatic heterocycles. The largest absolute Gasteiger partial charge is 0.321 e. The first-order chi connectivity index (χ1) is 5.20. The molecule has 3 heteroatoms. The lowest BCUT2D eigenvalue weighted by Crippen LogP contribution is -2.28. The lowest BCUT2D eigenvalue weighted by atomic mass is 10.1. The van der Waals surface area contributed by atoms with Gasteiger partial charge >= 0.3 is 0 Å². The van der Waals surface area contributed by atoms with E-state index in [-0.39, 0.29) is 5.78 Å². The Balaban J connectivity index is 2.50. The van der Waals surface area contributed by atoms with Gasteiger partial charge in [-0.05, 0) is 29.3 Å². The van der Waals surface area contributed by atoms with Gasteiger partial charge in [-0.15, -0.1) is 0 Å². The third-order valence-corrected chi connectivity index (χ3v) is 2.10. The van der Waals surface area contributed by atoms with Crippen molar-refractivity contribution in [3.05, 3.63) is 29.3 Å². The maximum absolute atomic E-state index is 11.0. The second-order valence-electron chi connectivity index (χ2n) is 2.38. The zero-order valence-corrected chi connectivity index (χ0v) is 6.93. The highest BCUT2D eigenvalue weighted by molar-refractivity contribution is 7.07. The van der Waals surface area contributed by atoms with Crippen molar-refractivity contribution < 1.29 is 4.79 Å². The summed E-state index contributed by atoms with van der Waals surface area (Å²) in [7, 11) is 0. The number of thiophene rings is 1. The van der Waals surface area contributed by atoms with Gasteiger partial charge in [0.25, 0.3) is 0 Å². The van der Waals surface area contributed by atoms with Gasteiger partial charge in [-0.3, -0.25) is 4.79 Å². The first kappa shape index (κ1) is 8.43. The lowest BCUT2D eigenvalue weighted by Gasteiger charge is -2.00. The first-order valence-corrected chi connectivity index (χ1v) is 4.27. The Kier molecular flexibility index (Phi) is 2.79. The molecule has 0 spiro atoms. The molecule has 0 aliphatic heterocycles. The molecule has 0 bridgehead atoms. The van der Waals surface area contributed by atoms with Crippen LogP contribution in [-0.2, 0) is 11.2 Å². The summed E-state index contributed by atoms with van der Waals surface area (Å²) >= 11 is 1.58. The number of carbonyl (C=O) groups excluding carboxylic acids is 1. The van der Waals surface area contributed by atoms with Gasteiger partial charge < -0.3 is 5.73 Å². The van der Waals surface area contributed by atoms with Crippen LogP contribution in [0.3, 0.4) is 0 Å². The van der Waals surface area contributed by atoms with Crippen LogP contribution in [0.1, 0.15) is 5.56 Å². The molecular weight excluding hydrogens is 158 g/mol. The van der Waals surface area contributed by atoms with Crippen molar-refractivity contribution in [2.24, 2.45) is 5.73 Å². The van der Waals surface area contributed by atoms with Gasteiger partial charge in [0.2, 0.25) is 0 Å². The Bertz CT molecular complexity index is 228. The van der Waals surface area contributed by atoms with E-state index in [0.29, 0.717) is 6.42 Å². The number of carbonyl (C=O) groups is 1. The Morgan fingerprint density at radius 3 is 3.00 bits per heavy atom. The van der Waals surface area contributed by atoms with Gasteiger partial charge in [-0.25, -0.2) is 0 Å². The number of nitrogens with two attached hydrogens (primary N) is 1. The highest BCUT2D eigenvalue weighted by Crippen LogP contribution is 2.07.